The highest BCUT2D eigenvalue weighted by Gasteiger charge is 2.17. The van der Waals surface area contributed by atoms with Crippen molar-refractivity contribution in [1.82, 2.24) is 4.98 Å². The molecule has 0 aliphatic heterocycles. The summed E-state index contributed by atoms with van der Waals surface area (Å²) in [6.45, 7) is 0. The van der Waals surface area contributed by atoms with Crippen LogP contribution in [0.1, 0.15) is 49.0 Å². The van der Waals surface area contributed by atoms with Gasteiger partial charge in [0, 0.05) is 12.6 Å². The maximum absolute atomic E-state index is 11.7. The Bertz CT molecular complexity index is 283. The number of carbonyl (C=O) groups is 1. The van der Waals surface area contributed by atoms with Gasteiger partial charge in [-0.3, -0.25) is 4.79 Å². The van der Waals surface area contributed by atoms with Gasteiger partial charge in [0.05, 0.1) is 5.69 Å². The molecule has 1 aliphatic rings. The standard InChI is InChI=1S/C12H17NO/c14-12(11-7-4-8-13-11)9-10-5-2-1-3-6-10/h4,7-8,10,13H,1-3,5-6,9H2. The number of H-pyrrole nitrogens is 1. The van der Waals surface area contributed by atoms with E-state index in [1.807, 2.05) is 18.3 Å². The number of rotatable bonds is 3. The van der Waals surface area contributed by atoms with Gasteiger partial charge in [-0.15, -0.1) is 0 Å². The Balaban J connectivity index is 1.87. The molecule has 1 fully saturated rings. The van der Waals surface area contributed by atoms with Crippen LogP contribution in [0.25, 0.3) is 0 Å². The molecule has 0 radical (unpaired) electrons. The maximum atomic E-state index is 11.7. The monoisotopic (exact) mass is 191 g/mol. The van der Waals surface area contributed by atoms with Gasteiger partial charge < -0.3 is 4.98 Å². The first-order valence-corrected chi connectivity index (χ1v) is 5.53. The van der Waals surface area contributed by atoms with Crippen LogP contribution in [0.5, 0.6) is 0 Å². The molecular formula is C12H17NO. The van der Waals surface area contributed by atoms with Gasteiger partial charge in [0.2, 0.25) is 0 Å². The van der Waals surface area contributed by atoms with Crippen LogP contribution in [0, 0.1) is 5.92 Å². The molecule has 14 heavy (non-hydrogen) atoms. The average molecular weight is 191 g/mol. The lowest BCUT2D eigenvalue weighted by atomic mass is 9.85. The Morgan fingerprint density at radius 3 is 2.79 bits per heavy atom. The number of hydrogen-bond donors (Lipinski definition) is 1. The third kappa shape index (κ3) is 2.25. The van der Waals surface area contributed by atoms with Crippen molar-refractivity contribution in [2.45, 2.75) is 38.5 Å². The second-order valence-corrected chi connectivity index (χ2v) is 4.22. The Labute approximate surface area is 84.7 Å². The second kappa shape index (κ2) is 4.45. The van der Waals surface area contributed by atoms with Gasteiger partial charge in [-0.2, -0.15) is 0 Å². The van der Waals surface area contributed by atoms with Crippen LogP contribution in [0.4, 0.5) is 0 Å². The number of hydrogen-bond acceptors (Lipinski definition) is 1. The van der Waals surface area contributed by atoms with Crippen molar-refractivity contribution in [3.63, 3.8) is 0 Å². The van der Waals surface area contributed by atoms with E-state index in [9.17, 15) is 4.79 Å². The summed E-state index contributed by atoms with van der Waals surface area (Å²) in [6, 6.07) is 3.75. The van der Waals surface area contributed by atoms with Crippen molar-refractivity contribution >= 4 is 5.78 Å². The fourth-order valence-electron chi connectivity index (χ4n) is 2.27. The van der Waals surface area contributed by atoms with E-state index >= 15 is 0 Å². The summed E-state index contributed by atoms with van der Waals surface area (Å²) >= 11 is 0. The van der Waals surface area contributed by atoms with Crippen LogP contribution in [0.15, 0.2) is 18.3 Å². The molecule has 1 aromatic rings. The summed E-state index contributed by atoms with van der Waals surface area (Å²) in [5.74, 6) is 0.918. The molecule has 0 atom stereocenters. The fraction of sp³-hybridized carbons (Fsp3) is 0.583. The molecule has 1 aromatic heterocycles. The first-order chi connectivity index (χ1) is 6.86. The lowest BCUT2D eigenvalue weighted by Crippen LogP contribution is -2.12. The lowest BCUT2D eigenvalue weighted by Gasteiger charge is -2.20. The van der Waals surface area contributed by atoms with E-state index in [0.717, 1.165) is 12.1 Å². The molecule has 1 saturated carbocycles. The van der Waals surface area contributed by atoms with Crippen molar-refractivity contribution in [2.75, 3.05) is 0 Å². The Morgan fingerprint density at radius 2 is 2.14 bits per heavy atom. The molecule has 0 amide bonds. The molecule has 2 nitrogen and oxygen atoms in total. The summed E-state index contributed by atoms with van der Waals surface area (Å²) in [4.78, 5) is 14.7. The van der Waals surface area contributed by atoms with Crippen molar-refractivity contribution in [3.8, 4) is 0 Å². The predicted molar refractivity (Wildman–Crippen MR) is 56.3 cm³/mol. The van der Waals surface area contributed by atoms with Crippen LogP contribution < -0.4 is 0 Å². The molecule has 0 unspecified atom stereocenters. The van der Waals surface area contributed by atoms with Crippen LogP contribution in [-0.4, -0.2) is 10.8 Å². The predicted octanol–water partition coefficient (Wildman–Crippen LogP) is 3.17. The molecule has 2 heteroatoms. The van der Waals surface area contributed by atoms with Crippen molar-refractivity contribution in [3.05, 3.63) is 24.0 Å². The van der Waals surface area contributed by atoms with Gasteiger partial charge in [-0.05, 0) is 18.1 Å². The van der Waals surface area contributed by atoms with Crippen molar-refractivity contribution < 1.29 is 4.79 Å². The van der Waals surface area contributed by atoms with E-state index < -0.39 is 0 Å². The number of carbonyl (C=O) groups excluding carboxylic acids is 1. The third-order valence-corrected chi connectivity index (χ3v) is 3.10. The summed E-state index contributed by atoms with van der Waals surface area (Å²) in [5, 5.41) is 0. The van der Waals surface area contributed by atoms with Gasteiger partial charge in [-0.25, -0.2) is 0 Å². The minimum absolute atomic E-state index is 0.280. The lowest BCUT2D eigenvalue weighted by molar-refractivity contribution is 0.0946. The van der Waals surface area contributed by atoms with Gasteiger partial charge in [0.15, 0.2) is 5.78 Å². The van der Waals surface area contributed by atoms with E-state index in [-0.39, 0.29) is 5.78 Å². The van der Waals surface area contributed by atoms with Crippen LogP contribution >= 0.6 is 0 Å². The number of aromatic nitrogens is 1. The molecule has 0 saturated heterocycles. The third-order valence-electron chi connectivity index (χ3n) is 3.10. The van der Waals surface area contributed by atoms with Gasteiger partial charge in [-0.1, -0.05) is 32.1 Å². The highest BCUT2D eigenvalue weighted by molar-refractivity contribution is 5.94. The fourth-order valence-corrected chi connectivity index (χ4v) is 2.27. The molecule has 2 rings (SSSR count). The van der Waals surface area contributed by atoms with Gasteiger partial charge in [0.1, 0.15) is 0 Å². The highest BCUT2D eigenvalue weighted by Crippen LogP contribution is 2.27. The zero-order chi connectivity index (χ0) is 9.80. The smallest absolute Gasteiger partial charge is 0.179 e. The largest absolute Gasteiger partial charge is 0.359 e. The second-order valence-electron chi connectivity index (χ2n) is 4.22. The molecule has 1 N–H and O–H groups in total. The van der Waals surface area contributed by atoms with E-state index in [0.29, 0.717) is 5.92 Å². The van der Waals surface area contributed by atoms with E-state index in [1.165, 1.54) is 32.1 Å². The molecular weight excluding hydrogens is 174 g/mol. The molecule has 0 aromatic carbocycles. The minimum atomic E-state index is 0.280. The maximum Gasteiger partial charge on any atom is 0.179 e. The quantitative estimate of drug-likeness (QED) is 0.731. The molecule has 76 valence electrons. The first-order valence-electron chi connectivity index (χ1n) is 5.53. The zero-order valence-electron chi connectivity index (χ0n) is 8.46. The van der Waals surface area contributed by atoms with Gasteiger partial charge >= 0.3 is 0 Å². The number of Topliss-reactive ketones (excluding diaryl/α,β-unsaturated/α-hetero) is 1. The zero-order valence-corrected chi connectivity index (χ0v) is 8.46. The van der Waals surface area contributed by atoms with E-state index in [2.05, 4.69) is 4.98 Å². The SMILES string of the molecule is O=C(CC1CCCCC1)c1ccc[nH]1. The number of ketones is 1. The summed E-state index contributed by atoms with van der Waals surface area (Å²) in [5.41, 5.74) is 0.774. The normalized spacial score (nSPS) is 18.3. The van der Waals surface area contributed by atoms with Crippen LogP contribution in [0.3, 0.4) is 0 Å². The van der Waals surface area contributed by atoms with Crippen LogP contribution in [-0.2, 0) is 0 Å². The van der Waals surface area contributed by atoms with Crippen LogP contribution in [0.2, 0.25) is 0 Å². The van der Waals surface area contributed by atoms with Crippen molar-refractivity contribution in [1.29, 1.82) is 0 Å². The van der Waals surface area contributed by atoms with E-state index in [4.69, 9.17) is 0 Å². The van der Waals surface area contributed by atoms with Crippen molar-refractivity contribution in [2.24, 2.45) is 5.92 Å². The molecule has 0 spiro atoms. The number of aromatic amines is 1. The summed E-state index contributed by atoms with van der Waals surface area (Å²) < 4.78 is 0. The summed E-state index contributed by atoms with van der Waals surface area (Å²) in [6.07, 6.45) is 9.01. The number of nitrogens with one attached hydrogen (secondary N) is 1. The Kier molecular flexibility index (Phi) is 3.02. The first kappa shape index (κ1) is 9.50. The van der Waals surface area contributed by atoms with Gasteiger partial charge in [0.25, 0.3) is 0 Å². The average Bonchev–Trinajstić information content (AvgIpc) is 2.72. The molecule has 0 bridgehead atoms. The molecule has 1 heterocycles. The topological polar surface area (TPSA) is 32.9 Å². The highest BCUT2D eigenvalue weighted by atomic mass is 16.1. The Hall–Kier alpha value is -1.05. The minimum Gasteiger partial charge on any atom is -0.359 e. The Morgan fingerprint density at radius 1 is 1.36 bits per heavy atom. The summed E-state index contributed by atoms with van der Waals surface area (Å²) in [7, 11) is 0. The van der Waals surface area contributed by atoms with E-state index in [1.54, 1.807) is 0 Å². The molecule has 1 aliphatic carbocycles.